The second-order valence-electron chi connectivity index (χ2n) is 9.64. The lowest BCUT2D eigenvalue weighted by molar-refractivity contribution is -0.122. The number of ether oxygens (including phenoxy) is 1. The molecule has 37 heavy (non-hydrogen) atoms. The molecule has 0 unspecified atom stereocenters. The Hall–Kier alpha value is -3.64. The van der Waals surface area contributed by atoms with E-state index in [-0.39, 0.29) is 11.8 Å². The molecule has 3 aromatic rings. The standard InChI is InChI=1S/C31H37N3O3/c1-24-10-6-7-13-26(24)16-18-33-31(36)27-14-15-28-22-34(21-25-11-4-2-5-12-25)23-30(35)32-17-8-3-9-19-37-29(28)20-27/h2,4-7,10-15,20H,3,8-9,16-19,21-23H2,1H3,(H,32,35)(H,33,36). The van der Waals surface area contributed by atoms with Gasteiger partial charge < -0.3 is 15.4 Å². The Kier molecular flexibility index (Phi) is 9.72. The van der Waals surface area contributed by atoms with E-state index in [9.17, 15) is 9.59 Å². The van der Waals surface area contributed by atoms with Gasteiger partial charge in [-0.05, 0) is 61.4 Å². The first-order valence-electron chi connectivity index (χ1n) is 13.2. The van der Waals surface area contributed by atoms with Crippen LogP contribution in [0.15, 0.2) is 72.8 Å². The average molecular weight is 500 g/mol. The van der Waals surface area contributed by atoms with Gasteiger partial charge in [0.2, 0.25) is 5.91 Å². The van der Waals surface area contributed by atoms with Crippen molar-refractivity contribution in [3.63, 3.8) is 0 Å². The van der Waals surface area contributed by atoms with Crippen molar-refractivity contribution >= 4 is 11.8 Å². The van der Waals surface area contributed by atoms with Crippen LogP contribution in [-0.2, 0) is 24.3 Å². The normalized spacial score (nSPS) is 15.2. The maximum atomic E-state index is 12.9. The third-order valence-corrected chi connectivity index (χ3v) is 6.68. The number of aryl methyl sites for hydroxylation is 1. The Balaban J connectivity index is 1.49. The maximum absolute atomic E-state index is 12.9. The molecule has 194 valence electrons. The zero-order chi connectivity index (χ0) is 25.9. The van der Waals surface area contributed by atoms with Gasteiger partial charge in [0.1, 0.15) is 5.75 Å². The van der Waals surface area contributed by atoms with Crippen molar-refractivity contribution in [3.05, 3.63) is 101 Å². The number of carbonyl (C=O) groups is 2. The van der Waals surface area contributed by atoms with Crippen LogP contribution in [0.1, 0.15) is 51.9 Å². The van der Waals surface area contributed by atoms with E-state index in [1.54, 1.807) is 0 Å². The number of nitrogens with zero attached hydrogens (tertiary/aromatic N) is 1. The van der Waals surface area contributed by atoms with Crippen LogP contribution in [0, 0.1) is 6.92 Å². The number of amides is 2. The van der Waals surface area contributed by atoms with E-state index in [1.807, 2.05) is 48.5 Å². The van der Waals surface area contributed by atoms with Gasteiger partial charge in [-0.3, -0.25) is 14.5 Å². The van der Waals surface area contributed by atoms with Gasteiger partial charge in [0.05, 0.1) is 13.2 Å². The second-order valence-corrected chi connectivity index (χ2v) is 9.64. The third kappa shape index (κ3) is 8.19. The molecule has 6 heteroatoms. The molecule has 0 radical (unpaired) electrons. The predicted octanol–water partition coefficient (Wildman–Crippen LogP) is 4.65. The molecular weight excluding hydrogens is 462 g/mol. The van der Waals surface area contributed by atoms with Crippen LogP contribution >= 0.6 is 0 Å². The zero-order valence-corrected chi connectivity index (χ0v) is 21.7. The van der Waals surface area contributed by atoms with E-state index in [0.717, 1.165) is 36.8 Å². The van der Waals surface area contributed by atoms with E-state index < -0.39 is 0 Å². The van der Waals surface area contributed by atoms with Gasteiger partial charge in [-0.1, -0.05) is 60.7 Å². The molecule has 2 N–H and O–H groups in total. The van der Waals surface area contributed by atoms with Gasteiger partial charge in [-0.15, -0.1) is 0 Å². The monoisotopic (exact) mass is 499 g/mol. The largest absolute Gasteiger partial charge is 0.493 e. The van der Waals surface area contributed by atoms with Crippen LogP contribution in [0.2, 0.25) is 0 Å². The van der Waals surface area contributed by atoms with Crippen molar-refractivity contribution in [3.8, 4) is 5.75 Å². The molecular formula is C31H37N3O3. The molecule has 0 aromatic heterocycles. The summed E-state index contributed by atoms with van der Waals surface area (Å²) in [5, 5.41) is 6.09. The Morgan fingerprint density at radius 1 is 0.973 bits per heavy atom. The Labute approximate surface area is 220 Å². The highest BCUT2D eigenvalue weighted by molar-refractivity contribution is 5.94. The predicted molar refractivity (Wildman–Crippen MR) is 147 cm³/mol. The van der Waals surface area contributed by atoms with Crippen molar-refractivity contribution in [2.24, 2.45) is 0 Å². The van der Waals surface area contributed by atoms with Crippen LogP contribution < -0.4 is 15.4 Å². The summed E-state index contributed by atoms with van der Waals surface area (Å²) in [6.07, 6.45) is 3.58. The van der Waals surface area contributed by atoms with Gasteiger partial charge in [-0.25, -0.2) is 0 Å². The quantitative estimate of drug-likeness (QED) is 0.518. The van der Waals surface area contributed by atoms with E-state index in [1.165, 1.54) is 11.1 Å². The number of rotatable bonds is 6. The minimum atomic E-state index is -0.108. The summed E-state index contributed by atoms with van der Waals surface area (Å²) in [6.45, 7) is 5.42. The highest BCUT2D eigenvalue weighted by Crippen LogP contribution is 2.24. The summed E-state index contributed by atoms with van der Waals surface area (Å²) in [7, 11) is 0. The molecule has 1 aliphatic rings. The summed E-state index contributed by atoms with van der Waals surface area (Å²) < 4.78 is 6.19. The molecule has 0 saturated carbocycles. The molecule has 0 atom stereocenters. The van der Waals surface area contributed by atoms with Crippen molar-refractivity contribution in [1.82, 2.24) is 15.5 Å². The van der Waals surface area contributed by atoms with Crippen LogP contribution in [0.3, 0.4) is 0 Å². The summed E-state index contributed by atoms with van der Waals surface area (Å²) in [4.78, 5) is 27.7. The van der Waals surface area contributed by atoms with Crippen molar-refractivity contribution < 1.29 is 14.3 Å². The van der Waals surface area contributed by atoms with Gasteiger partial charge >= 0.3 is 0 Å². The molecule has 0 fully saturated rings. The van der Waals surface area contributed by atoms with E-state index >= 15 is 0 Å². The highest BCUT2D eigenvalue weighted by Gasteiger charge is 2.17. The molecule has 0 spiro atoms. The molecule has 2 amide bonds. The average Bonchev–Trinajstić information content (AvgIpc) is 2.91. The molecule has 0 aliphatic carbocycles. The Morgan fingerprint density at radius 3 is 2.62 bits per heavy atom. The maximum Gasteiger partial charge on any atom is 0.251 e. The van der Waals surface area contributed by atoms with Crippen LogP contribution in [0.5, 0.6) is 5.75 Å². The second kappa shape index (κ2) is 13.6. The van der Waals surface area contributed by atoms with E-state index in [0.29, 0.717) is 50.6 Å². The number of benzene rings is 3. The first-order valence-corrected chi connectivity index (χ1v) is 13.2. The molecule has 0 saturated heterocycles. The summed E-state index contributed by atoms with van der Waals surface area (Å²) in [5.41, 5.74) is 5.17. The molecule has 6 nitrogen and oxygen atoms in total. The number of carbonyl (C=O) groups excluding carboxylic acids is 2. The smallest absolute Gasteiger partial charge is 0.251 e. The highest BCUT2D eigenvalue weighted by atomic mass is 16.5. The van der Waals surface area contributed by atoms with Crippen LogP contribution in [-0.4, -0.2) is 43.0 Å². The first-order chi connectivity index (χ1) is 18.1. The zero-order valence-electron chi connectivity index (χ0n) is 21.7. The fourth-order valence-corrected chi connectivity index (χ4v) is 4.59. The van der Waals surface area contributed by atoms with E-state index in [2.05, 4.69) is 46.7 Å². The number of hydrogen-bond donors (Lipinski definition) is 2. The SMILES string of the molecule is Cc1ccccc1CCNC(=O)c1ccc2c(c1)OCCCCCNC(=O)CN(Cc1ccccc1)C2. The lowest BCUT2D eigenvalue weighted by atomic mass is 10.1. The molecule has 1 aliphatic heterocycles. The van der Waals surface area contributed by atoms with Crippen molar-refractivity contribution in [2.75, 3.05) is 26.2 Å². The third-order valence-electron chi connectivity index (χ3n) is 6.68. The van der Waals surface area contributed by atoms with Crippen LogP contribution in [0.25, 0.3) is 0 Å². The fourth-order valence-electron chi connectivity index (χ4n) is 4.59. The van der Waals surface area contributed by atoms with Crippen LogP contribution in [0.4, 0.5) is 0 Å². The van der Waals surface area contributed by atoms with Gasteiger partial charge in [-0.2, -0.15) is 0 Å². The number of nitrogens with one attached hydrogen (secondary N) is 2. The molecule has 0 bridgehead atoms. The topological polar surface area (TPSA) is 70.7 Å². The van der Waals surface area contributed by atoms with Gasteiger partial charge in [0.15, 0.2) is 0 Å². The summed E-state index contributed by atoms with van der Waals surface area (Å²) in [5.74, 6) is 0.634. The minimum absolute atomic E-state index is 0.0299. The minimum Gasteiger partial charge on any atom is -0.493 e. The van der Waals surface area contributed by atoms with Gasteiger partial charge in [0.25, 0.3) is 5.91 Å². The fraction of sp³-hybridized carbons (Fsp3) is 0.355. The number of fused-ring (bicyclic) bond motifs is 1. The lowest BCUT2D eigenvalue weighted by Gasteiger charge is -2.23. The number of hydrogen-bond acceptors (Lipinski definition) is 4. The Morgan fingerprint density at radius 2 is 1.78 bits per heavy atom. The molecule has 3 aromatic carbocycles. The molecule has 1 heterocycles. The lowest BCUT2D eigenvalue weighted by Crippen LogP contribution is -2.37. The van der Waals surface area contributed by atoms with Crippen molar-refractivity contribution in [1.29, 1.82) is 0 Å². The summed E-state index contributed by atoms with van der Waals surface area (Å²) in [6, 6.07) is 24.1. The van der Waals surface area contributed by atoms with Gasteiger partial charge in [0, 0.05) is 37.3 Å². The Bertz CT molecular complexity index is 1180. The van der Waals surface area contributed by atoms with E-state index in [4.69, 9.17) is 4.74 Å². The van der Waals surface area contributed by atoms with Crippen molar-refractivity contribution in [2.45, 2.75) is 45.7 Å². The molecule has 4 rings (SSSR count). The first kappa shape index (κ1) is 26.4. The summed E-state index contributed by atoms with van der Waals surface area (Å²) >= 11 is 0.